The molecule has 8 heteroatoms. The average molecular weight is 467 g/mol. The Bertz CT molecular complexity index is 282. The van der Waals surface area contributed by atoms with Crippen LogP contribution in [0.2, 0.25) is 3.93 Å². The number of aldehydes is 3. The molecule has 0 bridgehead atoms. The topological polar surface area (TPSA) is 77.2 Å². The molecule has 0 aliphatic heterocycles. The van der Waals surface area contributed by atoms with Gasteiger partial charge in [0, 0.05) is 16.1 Å². The molecule has 0 spiro atoms. The molecule has 1 rings (SSSR count). The van der Waals surface area contributed by atoms with Crippen LogP contribution in [0, 0.1) is 5.92 Å². The van der Waals surface area contributed by atoms with Crippen molar-refractivity contribution >= 4 is 94.1 Å². The third-order valence-electron chi connectivity index (χ3n) is 2.66. The van der Waals surface area contributed by atoms with Crippen LogP contribution in [0.5, 0.6) is 0 Å². The van der Waals surface area contributed by atoms with E-state index >= 15 is 0 Å². The molecule has 0 heterocycles. The number of rotatable bonds is 4. The summed E-state index contributed by atoms with van der Waals surface area (Å²) in [5, 5.41) is 3.08. The van der Waals surface area contributed by atoms with E-state index in [1.807, 2.05) is 0 Å². The fraction of sp³-hybridized carbons (Fsp3) is 0.571. The summed E-state index contributed by atoms with van der Waals surface area (Å²) in [4.78, 5) is 27.0. The first-order valence-corrected chi connectivity index (χ1v) is 9.66. The van der Waals surface area contributed by atoms with E-state index in [0.29, 0.717) is 24.9 Å². The molecule has 2 N–H and O–H groups in total. The van der Waals surface area contributed by atoms with Gasteiger partial charge in [0.1, 0.15) is 0 Å². The quantitative estimate of drug-likeness (QED) is 0.385. The van der Waals surface area contributed by atoms with Crippen LogP contribution in [0.15, 0.2) is 0 Å². The fourth-order valence-electron chi connectivity index (χ4n) is 1.79. The van der Waals surface area contributed by atoms with Crippen molar-refractivity contribution in [2.24, 2.45) is 11.7 Å². The van der Waals surface area contributed by atoms with Gasteiger partial charge in [-0.05, 0) is 0 Å². The molecule has 3 radical (unpaired) electrons. The summed E-state index contributed by atoms with van der Waals surface area (Å²) in [5.74, 6) is 0.840. The van der Waals surface area contributed by atoms with Crippen LogP contribution in [0.4, 0.5) is 0 Å². The molecule has 0 saturated heterocycles. The first-order chi connectivity index (χ1) is 10.5. The zero-order valence-corrected chi connectivity index (χ0v) is 17.9. The van der Waals surface area contributed by atoms with Gasteiger partial charge in [-0.3, -0.25) is 14.4 Å². The van der Waals surface area contributed by atoms with Crippen molar-refractivity contribution in [2.75, 3.05) is 0 Å². The Morgan fingerprint density at radius 2 is 1.27 bits per heavy atom. The van der Waals surface area contributed by atoms with Crippen molar-refractivity contribution in [3.05, 3.63) is 0 Å². The molecule has 3 atom stereocenters. The summed E-state index contributed by atoms with van der Waals surface area (Å²) in [6.07, 6.45) is 7.37. The van der Waals surface area contributed by atoms with E-state index in [2.05, 4.69) is 43.6 Å². The van der Waals surface area contributed by atoms with Crippen LogP contribution in [0.1, 0.15) is 32.6 Å². The number of carbonyl (C=O) groups excluding carboxylic acids is 3. The summed E-state index contributed by atoms with van der Waals surface area (Å²) in [7, 11) is 0. The van der Waals surface area contributed by atoms with Gasteiger partial charge in [0.15, 0.2) is 18.9 Å². The second-order valence-corrected chi connectivity index (χ2v) is 7.16. The third kappa shape index (κ3) is 22.3. The van der Waals surface area contributed by atoms with Gasteiger partial charge >= 0.3 is 76.8 Å². The van der Waals surface area contributed by atoms with Gasteiger partial charge in [-0.15, -0.1) is 0 Å². The van der Waals surface area contributed by atoms with Crippen LogP contribution in [-0.2, 0) is 14.4 Å². The smallest absolute Gasteiger partial charge is 0.153 e. The minimum Gasteiger partial charge on any atom is -0.298 e. The van der Waals surface area contributed by atoms with Crippen molar-refractivity contribution in [3.63, 3.8) is 0 Å². The normalized spacial score (nSPS) is 19.8. The van der Waals surface area contributed by atoms with Crippen LogP contribution in [0.25, 0.3) is 0 Å². The van der Waals surface area contributed by atoms with E-state index in [9.17, 15) is 0 Å². The van der Waals surface area contributed by atoms with Crippen molar-refractivity contribution in [1.29, 1.82) is 0 Å². The molecule has 0 aromatic carbocycles. The fourth-order valence-corrected chi connectivity index (χ4v) is 3.71. The second kappa shape index (κ2) is 23.3. The van der Waals surface area contributed by atoms with Crippen LogP contribution in [-0.4, -0.2) is 63.5 Å². The molecule has 123 valence electrons. The van der Waals surface area contributed by atoms with E-state index in [4.69, 9.17) is 20.1 Å². The Kier molecular flexibility index (Phi) is 28.5. The molecule has 1 saturated carbocycles. The van der Waals surface area contributed by atoms with Crippen molar-refractivity contribution in [1.82, 2.24) is 0 Å². The Morgan fingerprint density at radius 1 is 0.955 bits per heavy atom. The SMILES string of the molecule is CC(N)C1CCCC[CH]1[Sn].O=CC=S.O=CC=S.O=CC=S. The van der Waals surface area contributed by atoms with E-state index in [1.165, 1.54) is 25.7 Å². The number of carbonyl (C=O) groups is 3. The van der Waals surface area contributed by atoms with E-state index in [1.54, 1.807) is 22.5 Å². The molecule has 0 aromatic heterocycles. The average Bonchev–Trinajstić information content (AvgIpc) is 2.55. The van der Waals surface area contributed by atoms with Crippen LogP contribution in [0.3, 0.4) is 0 Å². The van der Waals surface area contributed by atoms with E-state index in [-0.39, 0.29) is 0 Å². The zero-order valence-electron chi connectivity index (χ0n) is 12.6. The predicted molar refractivity (Wildman–Crippen MR) is 104 cm³/mol. The van der Waals surface area contributed by atoms with Gasteiger partial charge < -0.3 is 0 Å². The molecule has 1 aliphatic carbocycles. The maximum Gasteiger partial charge on any atom is 0.153 e. The van der Waals surface area contributed by atoms with Crippen LogP contribution >= 0.6 is 36.7 Å². The van der Waals surface area contributed by atoms with Gasteiger partial charge in [-0.2, -0.15) is 0 Å². The van der Waals surface area contributed by atoms with E-state index < -0.39 is 0 Å². The monoisotopic (exact) mass is 468 g/mol. The largest absolute Gasteiger partial charge is 0.298 e. The van der Waals surface area contributed by atoms with Crippen molar-refractivity contribution in [3.8, 4) is 0 Å². The van der Waals surface area contributed by atoms with Gasteiger partial charge in [-0.1, -0.05) is 36.7 Å². The maximum absolute atomic E-state index is 9.01. The third-order valence-corrected chi connectivity index (χ3v) is 5.04. The van der Waals surface area contributed by atoms with Gasteiger partial charge in [0.25, 0.3) is 0 Å². The maximum atomic E-state index is 9.01. The van der Waals surface area contributed by atoms with Crippen LogP contribution < -0.4 is 5.73 Å². The molecule has 0 amide bonds. The number of hydrogen-bond acceptors (Lipinski definition) is 7. The number of nitrogens with two attached hydrogens (primary N) is 1. The second-order valence-electron chi connectivity index (χ2n) is 4.23. The summed E-state index contributed by atoms with van der Waals surface area (Å²) in [5.41, 5.74) is 5.87. The zero-order chi connectivity index (χ0) is 17.8. The van der Waals surface area contributed by atoms with Crippen molar-refractivity contribution in [2.45, 2.75) is 42.6 Å². The molecular formula is C14H22NO3S3Sn. The van der Waals surface area contributed by atoms with Gasteiger partial charge in [-0.25, -0.2) is 0 Å². The minimum atomic E-state index is 0.435. The Balaban J connectivity index is -0.000000253. The molecular weight excluding hydrogens is 445 g/mol. The first kappa shape index (κ1) is 26.9. The van der Waals surface area contributed by atoms with Gasteiger partial charge in [0.2, 0.25) is 0 Å². The van der Waals surface area contributed by atoms with E-state index in [0.717, 1.165) is 26.0 Å². The first-order valence-electron chi connectivity index (χ1n) is 6.60. The Morgan fingerprint density at radius 3 is 1.45 bits per heavy atom. The minimum absolute atomic E-state index is 0.435. The standard InChI is InChI=1S/C8H16N.3C2H2OS.Sn/c1-7(9)8-5-3-2-4-6-8;3*3-1-2-4;/h5,7-8H,2-4,6,9H2,1H3;3*1-2H;. The summed E-state index contributed by atoms with van der Waals surface area (Å²) in [6.45, 7) is 2.16. The molecule has 22 heavy (non-hydrogen) atoms. The predicted octanol–water partition coefficient (Wildman–Crippen LogP) is 2.04. The van der Waals surface area contributed by atoms with Gasteiger partial charge in [0.05, 0.1) is 0 Å². The molecule has 1 aliphatic rings. The molecule has 1 fully saturated rings. The molecule has 4 nitrogen and oxygen atoms in total. The Hall–Kier alpha value is 0.0387. The molecule has 0 aromatic rings. The Labute approximate surface area is 162 Å². The number of thiocarbonyl (C=S) groups is 3. The molecule has 3 unspecified atom stereocenters. The van der Waals surface area contributed by atoms with Crippen molar-refractivity contribution < 1.29 is 14.4 Å². The number of hydrogen-bond donors (Lipinski definition) is 1. The summed E-state index contributed by atoms with van der Waals surface area (Å²) in [6, 6.07) is 0.435. The summed E-state index contributed by atoms with van der Waals surface area (Å²) < 4.78 is 0.959. The summed E-state index contributed by atoms with van der Waals surface area (Å²) >= 11 is 13.9.